The van der Waals surface area contributed by atoms with Crippen molar-refractivity contribution < 1.29 is 19.1 Å². The summed E-state index contributed by atoms with van der Waals surface area (Å²) in [6.07, 6.45) is 4.18. The van der Waals surface area contributed by atoms with Crippen LogP contribution in [0.25, 0.3) is 0 Å². The van der Waals surface area contributed by atoms with Gasteiger partial charge in [-0.05, 0) is 44.4 Å². The first kappa shape index (κ1) is 20.2. The van der Waals surface area contributed by atoms with E-state index >= 15 is 0 Å². The van der Waals surface area contributed by atoms with Crippen molar-refractivity contribution in [3.63, 3.8) is 0 Å². The maximum Gasteiger partial charge on any atom is 0.325 e. The number of methoxy groups -OCH3 is 1. The predicted molar refractivity (Wildman–Crippen MR) is 105 cm³/mol. The zero-order chi connectivity index (χ0) is 20.3. The van der Waals surface area contributed by atoms with Gasteiger partial charge in [-0.1, -0.05) is 25.0 Å². The molecule has 7 heteroatoms. The molecule has 0 spiro atoms. The van der Waals surface area contributed by atoms with Gasteiger partial charge in [0.1, 0.15) is 11.3 Å². The summed E-state index contributed by atoms with van der Waals surface area (Å²) >= 11 is 0. The van der Waals surface area contributed by atoms with Crippen molar-refractivity contribution in [1.29, 1.82) is 0 Å². The Labute approximate surface area is 166 Å². The van der Waals surface area contributed by atoms with Gasteiger partial charge in [0, 0.05) is 19.5 Å². The Kier molecular flexibility index (Phi) is 5.91. The van der Waals surface area contributed by atoms with Crippen molar-refractivity contribution in [3.05, 3.63) is 29.8 Å². The van der Waals surface area contributed by atoms with E-state index in [0.717, 1.165) is 41.9 Å². The molecule has 0 saturated carbocycles. The van der Waals surface area contributed by atoms with E-state index in [0.29, 0.717) is 6.54 Å². The van der Waals surface area contributed by atoms with Crippen molar-refractivity contribution in [2.45, 2.75) is 57.5 Å². The van der Waals surface area contributed by atoms with Gasteiger partial charge >= 0.3 is 6.03 Å². The van der Waals surface area contributed by atoms with E-state index in [9.17, 15) is 14.4 Å². The van der Waals surface area contributed by atoms with Crippen LogP contribution in [0.5, 0.6) is 5.75 Å². The van der Waals surface area contributed by atoms with E-state index < -0.39 is 11.6 Å². The fraction of sp³-hybridized carbons (Fsp3) is 0.571. The summed E-state index contributed by atoms with van der Waals surface area (Å²) in [7, 11) is 1.63. The number of amides is 4. The van der Waals surface area contributed by atoms with Gasteiger partial charge in [-0.2, -0.15) is 0 Å². The summed E-state index contributed by atoms with van der Waals surface area (Å²) in [4.78, 5) is 40.5. The molecule has 0 aliphatic carbocycles. The second-order valence-electron chi connectivity index (χ2n) is 7.99. The molecule has 28 heavy (non-hydrogen) atoms. The summed E-state index contributed by atoms with van der Waals surface area (Å²) in [5.41, 5.74) is 0.182. The highest BCUT2D eigenvalue weighted by atomic mass is 16.5. The zero-order valence-corrected chi connectivity index (χ0v) is 16.9. The normalized spacial score (nSPS) is 22.0. The zero-order valence-electron chi connectivity index (χ0n) is 16.9. The molecule has 1 aromatic rings. The van der Waals surface area contributed by atoms with Crippen LogP contribution in [-0.4, -0.2) is 53.4 Å². The smallest absolute Gasteiger partial charge is 0.325 e. The molecule has 2 saturated heterocycles. The van der Waals surface area contributed by atoms with E-state index in [-0.39, 0.29) is 30.8 Å². The molecule has 0 aromatic heterocycles. The van der Waals surface area contributed by atoms with Crippen LogP contribution in [0, 0.1) is 0 Å². The number of nitrogens with zero attached hydrogens (tertiary/aromatic N) is 2. The molecule has 2 heterocycles. The van der Waals surface area contributed by atoms with Crippen molar-refractivity contribution in [1.82, 2.24) is 15.1 Å². The van der Waals surface area contributed by atoms with Gasteiger partial charge in [0.05, 0.1) is 13.2 Å². The van der Waals surface area contributed by atoms with E-state index in [1.807, 2.05) is 29.2 Å². The maximum absolute atomic E-state index is 13.0. The lowest BCUT2D eigenvalue weighted by molar-refractivity contribution is -0.135. The Morgan fingerprint density at radius 2 is 1.89 bits per heavy atom. The molecule has 3 rings (SSSR count). The molecule has 1 N–H and O–H groups in total. The lowest BCUT2D eigenvalue weighted by Gasteiger charge is -2.31. The molecule has 0 bridgehead atoms. The third kappa shape index (κ3) is 4.13. The Bertz CT molecular complexity index is 745. The van der Waals surface area contributed by atoms with Gasteiger partial charge in [-0.15, -0.1) is 0 Å². The fourth-order valence-corrected chi connectivity index (χ4v) is 3.95. The quantitative estimate of drug-likeness (QED) is 0.788. The molecular weight excluding hydrogens is 358 g/mol. The molecule has 0 unspecified atom stereocenters. The SMILES string of the molecule is COc1ccc([C@@H]2CCCCCN2C(=O)CCN2C(=O)NC(C)(C)C2=O)cc1. The molecule has 0 radical (unpaired) electrons. The summed E-state index contributed by atoms with van der Waals surface area (Å²) in [5.74, 6) is 0.484. The van der Waals surface area contributed by atoms with E-state index in [1.54, 1.807) is 21.0 Å². The number of imide groups is 1. The molecule has 152 valence electrons. The Hall–Kier alpha value is -2.57. The first-order chi connectivity index (χ1) is 13.3. The lowest BCUT2D eigenvalue weighted by atomic mass is 10.0. The fourth-order valence-electron chi connectivity index (χ4n) is 3.95. The van der Waals surface area contributed by atoms with Crippen molar-refractivity contribution in [3.8, 4) is 5.75 Å². The minimum absolute atomic E-state index is 0.0143. The van der Waals surface area contributed by atoms with Crippen LogP contribution >= 0.6 is 0 Å². The average Bonchev–Trinajstić information content (AvgIpc) is 2.86. The van der Waals surface area contributed by atoms with Gasteiger partial charge < -0.3 is 15.0 Å². The monoisotopic (exact) mass is 387 g/mol. The molecule has 2 aliphatic heterocycles. The highest BCUT2D eigenvalue weighted by molar-refractivity contribution is 6.06. The molecular formula is C21H29N3O4. The Morgan fingerprint density at radius 1 is 1.18 bits per heavy atom. The molecule has 1 atom stereocenters. The highest BCUT2D eigenvalue weighted by Gasteiger charge is 2.44. The number of carbonyl (C=O) groups excluding carboxylic acids is 3. The maximum atomic E-state index is 13.0. The highest BCUT2D eigenvalue weighted by Crippen LogP contribution is 2.31. The van der Waals surface area contributed by atoms with Crippen LogP contribution in [0.15, 0.2) is 24.3 Å². The largest absolute Gasteiger partial charge is 0.497 e. The Balaban J connectivity index is 1.70. The molecule has 4 amide bonds. The van der Waals surface area contributed by atoms with Crippen LogP contribution < -0.4 is 10.1 Å². The minimum Gasteiger partial charge on any atom is -0.497 e. The second kappa shape index (κ2) is 8.20. The van der Waals surface area contributed by atoms with Crippen LogP contribution in [-0.2, 0) is 9.59 Å². The first-order valence-electron chi connectivity index (χ1n) is 9.91. The summed E-state index contributed by atoms with van der Waals surface area (Å²) < 4.78 is 5.23. The third-order valence-electron chi connectivity index (χ3n) is 5.57. The van der Waals surface area contributed by atoms with Gasteiger partial charge in [0.2, 0.25) is 5.91 Å². The predicted octanol–water partition coefficient (Wildman–Crippen LogP) is 2.86. The number of hydrogen-bond acceptors (Lipinski definition) is 4. The standard InChI is InChI=1S/C21H29N3O4/c1-21(2)19(26)24(20(27)22-21)14-12-18(25)23-13-6-4-5-7-17(23)15-8-10-16(28-3)11-9-15/h8-11,17H,4-7,12-14H2,1-3H3,(H,22,27)/t17-/m0/s1. The van der Waals surface area contributed by atoms with Crippen molar-refractivity contribution in [2.75, 3.05) is 20.2 Å². The summed E-state index contributed by atoms with van der Waals surface area (Å²) in [6, 6.07) is 7.44. The number of hydrogen-bond donors (Lipinski definition) is 1. The number of benzene rings is 1. The van der Waals surface area contributed by atoms with Crippen LogP contribution in [0.1, 0.15) is 57.6 Å². The van der Waals surface area contributed by atoms with Gasteiger partial charge in [0.25, 0.3) is 5.91 Å². The molecule has 7 nitrogen and oxygen atoms in total. The number of rotatable bonds is 5. The number of nitrogens with one attached hydrogen (secondary N) is 1. The summed E-state index contributed by atoms with van der Waals surface area (Å²) in [6.45, 7) is 4.15. The minimum atomic E-state index is -0.908. The van der Waals surface area contributed by atoms with Crippen LogP contribution in [0.4, 0.5) is 4.79 Å². The van der Waals surface area contributed by atoms with Crippen molar-refractivity contribution >= 4 is 17.8 Å². The van der Waals surface area contributed by atoms with E-state index in [1.165, 1.54) is 0 Å². The van der Waals surface area contributed by atoms with Crippen LogP contribution in [0.2, 0.25) is 0 Å². The molecule has 2 aliphatic rings. The summed E-state index contributed by atoms with van der Waals surface area (Å²) in [5, 5.41) is 2.65. The topological polar surface area (TPSA) is 79.0 Å². The number of likely N-dealkylation sites (tertiary alicyclic amines) is 1. The number of carbonyl (C=O) groups is 3. The van der Waals surface area contributed by atoms with Gasteiger partial charge in [0.15, 0.2) is 0 Å². The number of urea groups is 1. The van der Waals surface area contributed by atoms with Gasteiger partial charge in [-0.25, -0.2) is 4.79 Å². The van der Waals surface area contributed by atoms with Gasteiger partial charge in [-0.3, -0.25) is 14.5 Å². The molecule has 2 fully saturated rings. The first-order valence-corrected chi connectivity index (χ1v) is 9.91. The van der Waals surface area contributed by atoms with E-state index in [4.69, 9.17) is 4.74 Å². The Morgan fingerprint density at radius 3 is 2.50 bits per heavy atom. The average molecular weight is 387 g/mol. The van der Waals surface area contributed by atoms with E-state index in [2.05, 4.69) is 5.32 Å². The third-order valence-corrected chi connectivity index (χ3v) is 5.57. The lowest BCUT2D eigenvalue weighted by Crippen LogP contribution is -2.41. The molecule has 1 aromatic carbocycles. The van der Waals surface area contributed by atoms with Crippen LogP contribution in [0.3, 0.4) is 0 Å². The number of ether oxygens (including phenoxy) is 1. The van der Waals surface area contributed by atoms with Crippen molar-refractivity contribution in [2.24, 2.45) is 0 Å². The second-order valence-corrected chi connectivity index (χ2v) is 7.99.